The van der Waals surface area contributed by atoms with Crippen molar-refractivity contribution >= 4 is 23.0 Å². The highest BCUT2D eigenvalue weighted by Gasteiger charge is 2.16. The zero-order valence-corrected chi connectivity index (χ0v) is 10.3. The van der Waals surface area contributed by atoms with Crippen LogP contribution < -0.4 is 10.6 Å². The van der Waals surface area contributed by atoms with Crippen LogP contribution >= 0.6 is 0 Å². The Bertz CT molecular complexity index is 554. The standard InChI is InChI=1S/C12H13N3O4/c1-2-19-12(16)5-8-7-13-11-6-9(15(17)18)3-4-10(11)14-8/h3-4,6-7,13-14H,2,5H2,1H3. The maximum atomic E-state index is 11.3. The minimum atomic E-state index is -0.459. The molecule has 2 rings (SSSR count). The fraction of sp³-hybridized carbons (Fsp3) is 0.250. The van der Waals surface area contributed by atoms with Gasteiger partial charge in [0.05, 0.1) is 29.3 Å². The van der Waals surface area contributed by atoms with Gasteiger partial charge in [-0.2, -0.15) is 0 Å². The smallest absolute Gasteiger partial charge is 0.311 e. The van der Waals surface area contributed by atoms with Crippen LogP contribution in [0.3, 0.4) is 0 Å². The van der Waals surface area contributed by atoms with Crippen LogP contribution in [0.2, 0.25) is 0 Å². The van der Waals surface area contributed by atoms with Crippen LogP contribution in [0.5, 0.6) is 0 Å². The molecule has 1 aromatic carbocycles. The molecule has 7 heteroatoms. The predicted molar refractivity (Wildman–Crippen MR) is 69.7 cm³/mol. The van der Waals surface area contributed by atoms with Gasteiger partial charge >= 0.3 is 5.97 Å². The van der Waals surface area contributed by atoms with Crippen LogP contribution in [-0.2, 0) is 9.53 Å². The molecule has 2 N–H and O–H groups in total. The number of nitro groups is 1. The summed E-state index contributed by atoms with van der Waals surface area (Å²) in [4.78, 5) is 21.5. The van der Waals surface area contributed by atoms with Crippen molar-refractivity contribution in [1.29, 1.82) is 0 Å². The minimum absolute atomic E-state index is 0.00953. The van der Waals surface area contributed by atoms with E-state index in [0.717, 1.165) is 0 Å². The number of ether oxygens (including phenoxy) is 1. The molecule has 7 nitrogen and oxygen atoms in total. The van der Waals surface area contributed by atoms with Gasteiger partial charge < -0.3 is 15.4 Å². The highest BCUT2D eigenvalue weighted by Crippen LogP contribution is 2.31. The number of hydrogen-bond donors (Lipinski definition) is 2. The number of nitrogens with zero attached hydrogens (tertiary/aromatic N) is 1. The summed E-state index contributed by atoms with van der Waals surface area (Å²) in [5.74, 6) is -0.326. The second-order valence-electron chi connectivity index (χ2n) is 3.91. The molecule has 0 atom stereocenters. The van der Waals surface area contributed by atoms with Gasteiger partial charge in [-0.1, -0.05) is 0 Å². The van der Waals surface area contributed by atoms with Gasteiger partial charge in [-0.15, -0.1) is 0 Å². The Morgan fingerprint density at radius 1 is 1.42 bits per heavy atom. The molecule has 0 saturated heterocycles. The number of anilines is 2. The van der Waals surface area contributed by atoms with E-state index < -0.39 is 4.92 Å². The van der Waals surface area contributed by atoms with Crippen molar-refractivity contribution in [3.8, 4) is 0 Å². The lowest BCUT2D eigenvalue weighted by Gasteiger charge is -2.19. The Balaban J connectivity index is 2.09. The Hall–Kier alpha value is -2.57. The van der Waals surface area contributed by atoms with E-state index in [1.807, 2.05) is 0 Å². The zero-order chi connectivity index (χ0) is 13.8. The third-order valence-corrected chi connectivity index (χ3v) is 2.55. The highest BCUT2D eigenvalue weighted by molar-refractivity contribution is 5.80. The van der Waals surface area contributed by atoms with Gasteiger partial charge in [0.15, 0.2) is 0 Å². The molecule has 1 aliphatic heterocycles. The van der Waals surface area contributed by atoms with E-state index in [1.54, 1.807) is 19.2 Å². The Labute approximate surface area is 109 Å². The average molecular weight is 263 g/mol. The summed E-state index contributed by atoms with van der Waals surface area (Å²) < 4.78 is 4.85. The average Bonchev–Trinajstić information content (AvgIpc) is 2.38. The van der Waals surface area contributed by atoms with E-state index >= 15 is 0 Å². The van der Waals surface area contributed by atoms with Crippen molar-refractivity contribution in [2.45, 2.75) is 13.3 Å². The van der Waals surface area contributed by atoms with Crippen LogP contribution in [0.1, 0.15) is 13.3 Å². The lowest BCUT2D eigenvalue weighted by molar-refractivity contribution is -0.384. The first-order valence-electron chi connectivity index (χ1n) is 5.77. The van der Waals surface area contributed by atoms with E-state index in [4.69, 9.17) is 4.74 Å². The lowest BCUT2D eigenvalue weighted by atomic mass is 10.2. The summed E-state index contributed by atoms with van der Waals surface area (Å²) in [7, 11) is 0. The molecule has 1 aromatic rings. The van der Waals surface area contributed by atoms with E-state index in [2.05, 4.69) is 10.6 Å². The van der Waals surface area contributed by atoms with Crippen molar-refractivity contribution in [2.75, 3.05) is 17.2 Å². The highest BCUT2D eigenvalue weighted by atomic mass is 16.6. The first kappa shape index (κ1) is 12.9. The van der Waals surface area contributed by atoms with Crippen molar-refractivity contribution in [3.63, 3.8) is 0 Å². The maximum Gasteiger partial charge on any atom is 0.311 e. The van der Waals surface area contributed by atoms with Crippen molar-refractivity contribution in [2.24, 2.45) is 0 Å². The third kappa shape index (κ3) is 3.01. The number of esters is 1. The normalized spacial score (nSPS) is 12.6. The van der Waals surface area contributed by atoms with Crippen molar-refractivity contribution in [3.05, 3.63) is 40.2 Å². The van der Waals surface area contributed by atoms with Crippen LogP contribution in [0.25, 0.3) is 0 Å². The van der Waals surface area contributed by atoms with Gasteiger partial charge in [-0.05, 0) is 13.0 Å². The molecule has 1 heterocycles. The van der Waals surface area contributed by atoms with Crippen molar-refractivity contribution in [1.82, 2.24) is 0 Å². The minimum Gasteiger partial charge on any atom is -0.466 e. The number of hydrogen-bond acceptors (Lipinski definition) is 6. The molecular formula is C12H13N3O4. The summed E-state index contributed by atoms with van der Waals surface area (Å²) >= 11 is 0. The Morgan fingerprint density at radius 2 is 2.21 bits per heavy atom. The van der Waals surface area contributed by atoms with E-state index in [0.29, 0.717) is 23.7 Å². The Kier molecular flexibility index (Phi) is 3.65. The van der Waals surface area contributed by atoms with Gasteiger partial charge in [-0.25, -0.2) is 0 Å². The van der Waals surface area contributed by atoms with Gasteiger partial charge in [0, 0.05) is 24.0 Å². The van der Waals surface area contributed by atoms with Crippen LogP contribution in [0.15, 0.2) is 30.1 Å². The summed E-state index contributed by atoms with van der Waals surface area (Å²) in [5, 5.41) is 16.6. The van der Waals surface area contributed by atoms with Gasteiger partial charge in [0.25, 0.3) is 5.69 Å². The molecule has 100 valence electrons. The molecule has 0 bridgehead atoms. The van der Waals surface area contributed by atoms with Crippen molar-refractivity contribution < 1.29 is 14.5 Å². The number of carbonyl (C=O) groups excluding carboxylic acids is 1. The summed E-state index contributed by atoms with van der Waals surface area (Å²) in [5.41, 5.74) is 1.95. The molecule has 0 unspecified atom stereocenters. The first-order chi connectivity index (χ1) is 9.10. The van der Waals surface area contributed by atoms with Crippen LogP contribution in [0.4, 0.5) is 17.1 Å². The summed E-state index contributed by atoms with van der Waals surface area (Å²) in [6.07, 6.45) is 1.72. The monoisotopic (exact) mass is 263 g/mol. The topological polar surface area (TPSA) is 93.5 Å². The van der Waals surface area contributed by atoms with E-state index in [9.17, 15) is 14.9 Å². The number of non-ortho nitro benzene ring substituents is 1. The second-order valence-corrected chi connectivity index (χ2v) is 3.91. The van der Waals surface area contributed by atoms with E-state index in [-0.39, 0.29) is 18.1 Å². The predicted octanol–water partition coefficient (Wildman–Crippen LogP) is 2.23. The quantitative estimate of drug-likeness (QED) is 0.491. The molecule has 0 aromatic heterocycles. The number of rotatable bonds is 4. The lowest BCUT2D eigenvalue weighted by Crippen LogP contribution is -2.15. The number of benzene rings is 1. The van der Waals surface area contributed by atoms with Crippen LogP contribution in [-0.4, -0.2) is 17.5 Å². The van der Waals surface area contributed by atoms with Gasteiger partial charge in [0.2, 0.25) is 0 Å². The molecule has 0 saturated carbocycles. The molecule has 0 radical (unpaired) electrons. The molecule has 0 spiro atoms. The number of carbonyl (C=O) groups is 1. The Morgan fingerprint density at radius 3 is 2.89 bits per heavy atom. The molecule has 1 aliphatic rings. The summed E-state index contributed by atoms with van der Waals surface area (Å²) in [6.45, 7) is 2.08. The SMILES string of the molecule is CCOC(=O)CC1=CNc2cc([N+](=O)[O-])ccc2N1. The molecule has 0 aliphatic carbocycles. The first-order valence-corrected chi connectivity index (χ1v) is 5.77. The fourth-order valence-electron chi connectivity index (χ4n) is 1.71. The summed E-state index contributed by atoms with van der Waals surface area (Å²) in [6, 6.07) is 4.43. The fourth-order valence-corrected chi connectivity index (χ4v) is 1.71. The molecule has 0 amide bonds. The van der Waals surface area contributed by atoms with Gasteiger partial charge in [-0.3, -0.25) is 14.9 Å². The third-order valence-electron chi connectivity index (χ3n) is 2.55. The molecule has 19 heavy (non-hydrogen) atoms. The number of nitrogens with one attached hydrogen (secondary N) is 2. The number of nitro benzene ring substituents is 1. The van der Waals surface area contributed by atoms with Crippen LogP contribution in [0, 0.1) is 10.1 Å². The van der Waals surface area contributed by atoms with E-state index in [1.165, 1.54) is 12.1 Å². The zero-order valence-electron chi connectivity index (χ0n) is 10.3. The largest absolute Gasteiger partial charge is 0.466 e. The molecule has 0 fully saturated rings. The maximum absolute atomic E-state index is 11.3. The molecular weight excluding hydrogens is 250 g/mol. The number of fused-ring (bicyclic) bond motifs is 1. The van der Waals surface area contributed by atoms with Gasteiger partial charge in [0.1, 0.15) is 0 Å². The second kappa shape index (κ2) is 5.38.